The van der Waals surface area contributed by atoms with Crippen LogP contribution in [0.4, 0.5) is 5.69 Å². The van der Waals surface area contributed by atoms with E-state index in [-0.39, 0.29) is 17.0 Å². The van der Waals surface area contributed by atoms with Crippen LogP contribution in [-0.2, 0) is 0 Å². The number of halogens is 1. The van der Waals surface area contributed by atoms with E-state index in [9.17, 15) is 4.79 Å². The molecular weight excluding hydrogens is 363 g/mol. The normalized spacial score (nSPS) is 8.84. The Hall–Kier alpha value is -2.33. The number of methoxy groups -OCH3 is 1. The minimum atomic E-state index is -1.11. The number of aromatic carboxylic acids is 1. The average molecular weight is 370 g/mol. The van der Waals surface area contributed by atoms with Crippen molar-refractivity contribution in [2.75, 3.05) is 12.5 Å². The third kappa shape index (κ3) is 3.56. The molecule has 0 aliphatic heterocycles. The average Bonchev–Trinajstić information content (AvgIpc) is 2.40. The summed E-state index contributed by atoms with van der Waals surface area (Å²) in [7, 11) is 1.34. The molecule has 1 aromatic carbocycles. The Morgan fingerprint density at radius 3 is 2.58 bits per heavy atom. The molecule has 0 aliphatic rings. The molecular formula is C11H7IN4O3. The van der Waals surface area contributed by atoms with E-state index in [1.165, 1.54) is 19.2 Å². The van der Waals surface area contributed by atoms with Gasteiger partial charge in [0.25, 0.3) is 0 Å². The first-order chi connectivity index (χ1) is 9.03. The second-order valence-corrected chi connectivity index (χ2v) is 4.30. The molecule has 0 saturated carbocycles. The van der Waals surface area contributed by atoms with Gasteiger partial charge in [-0.15, -0.1) is 0 Å². The first kappa shape index (κ1) is 14.7. The molecule has 1 aromatic rings. The third-order valence-electron chi connectivity index (χ3n) is 2.02. The number of carboxylic acids is 1. The fourth-order valence-electron chi connectivity index (χ4n) is 1.17. The lowest BCUT2D eigenvalue weighted by molar-refractivity contribution is 0.0693. The van der Waals surface area contributed by atoms with Crippen molar-refractivity contribution in [2.24, 2.45) is 5.10 Å². The van der Waals surface area contributed by atoms with Crippen molar-refractivity contribution in [2.45, 2.75) is 0 Å². The number of rotatable bonds is 4. The summed E-state index contributed by atoms with van der Waals surface area (Å²) < 4.78 is 5.52. The quantitative estimate of drug-likeness (QED) is 0.474. The molecule has 0 fully saturated rings. The van der Waals surface area contributed by atoms with Crippen molar-refractivity contribution < 1.29 is 14.6 Å². The van der Waals surface area contributed by atoms with Crippen LogP contribution in [0.1, 0.15) is 10.4 Å². The lowest BCUT2D eigenvalue weighted by atomic mass is 10.2. The van der Waals surface area contributed by atoms with Gasteiger partial charge in [-0.3, -0.25) is 5.43 Å². The molecule has 8 heteroatoms. The van der Waals surface area contributed by atoms with E-state index in [0.717, 1.165) is 0 Å². The van der Waals surface area contributed by atoms with Crippen LogP contribution in [0.15, 0.2) is 17.2 Å². The fourth-order valence-corrected chi connectivity index (χ4v) is 1.75. The molecule has 0 bridgehead atoms. The summed E-state index contributed by atoms with van der Waals surface area (Å²) in [6.45, 7) is 0. The topological polar surface area (TPSA) is 118 Å². The zero-order valence-corrected chi connectivity index (χ0v) is 11.8. The SMILES string of the molecule is COc1cc(NN=C(C#N)C#N)c(I)cc1C(=O)O. The number of benzene rings is 1. The van der Waals surface area contributed by atoms with Gasteiger partial charge in [0.2, 0.25) is 5.71 Å². The number of hydrogen-bond acceptors (Lipinski definition) is 6. The third-order valence-corrected chi connectivity index (χ3v) is 2.91. The molecule has 0 aromatic heterocycles. The van der Waals surface area contributed by atoms with Crippen molar-refractivity contribution in [3.05, 3.63) is 21.3 Å². The number of anilines is 1. The van der Waals surface area contributed by atoms with E-state index in [0.29, 0.717) is 9.26 Å². The molecule has 1 rings (SSSR count). The highest BCUT2D eigenvalue weighted by Crippen LogP contribution is 2.28. The van der Waals surface area contributed by atoms with Crippen LogP contribution in [0.3, 0.4) is 0 Å². The van der Waals surface area contributed by atoms with Crippen LogP contribution in [0.5, 0.6) is 5.75 Å². The van der Waals surface area contributed by atoms with Crippen LogP contribution in [0, 0.1) is 26.2 Å². The summed E-state index contributed by atoms with van der Waals surface area (Å²) in [5.41, 5.74) is 2.63. The highest BCUT2D eigenvalue weighted by Gasteiger charge is 2.14. The maximum Gasteiger partial charge on any atom is 0.339 e. The molecule has 0 heterocycles. The number of hydrogen-bond donors (Lipinski definition) is 2. The van der Waals surface area contributed by atoms with Crippen LogP contribution >= 0.6 is 22.6 Å². The van der Waals surface area contributed by atoms with Crippen LogP contribution in [0.2, 0.25) is 0 Å². The van der Waals surface area contributed by atoms with Crippen molar-refractivity contribution >= 4 is 40.0 Å². The Labute approximate surface area is 122 Å². The van der Waals surface area contributed by atoms with Gasteiger partial charge >= 0.3 is 5.97 Å². The van der Waals surface area contributed by atoms with Gasteiger partial charge in [-0.05, 0) is 28.7 Å². The number of nitriles is 2. The summed E-state index contributed by atoms with van der Waals surface area (Å²) in [6, 6.07) is 6.03. The molecule has 2 N–H and O–H groups in total. The van der Waals surface area contributed by atoms with E-state index in [1.807, 2.05) is 22.6 Å². The summed E-state index contributed by atoms with van der Waals surface area (Å²) in [4.78, 5) is 11.0. The summed E-state index contributed by atoms with van der Waals surface area (Å²) in [5.74, 6) is -0.958. The first-order valence-electron chi connectivity index (χ1n) is 4.78. The second kappa shape index (κ2) is 6.56. The lowest BCUT2D eigenvalue weighted by Crippen LogP contribution is -2.04. The molecule has 0 atom stereocenters. The van der Waals surface area contributed by atoms with E-state index in [1.54, 1.807) is 12.1 Å². The Kier molecular flexibility index (Phi) is 5.09. The van der Waals surface area contributed by atoms with Gasteiger partial charge < -0.3 is 9.84 Å². The van der Waals surface area contributed by atoms with E-state index < -0.39 is 5.97 Å². The Bertz CT molecular complexity index is 612. The molecule has 0 saturated heterocycles. The summed E-state index contributed by atoms with van der Waals surface area (Å²) in [5, 5.41) is 29.7. The van der Waals surface area contributed by atoms with Gasteiger partial charge in [-0.25, -0.2) is 4.79 Å². The van der Waals surface area contributed by atoms with E-state index in [4.69, 9.17) is 20.4 Å². The number of hydrazone groups is 1. The van der Waals surface area contributed by atoms with E-state index >= 15 is 0 Å². The van der Waals surface area contributed by atoms with Gasteiger partial charge in [0.05, 0.1) is 12.8 Å². The minimum Gasteiger partial charge on any atom is -0.496 e. The smallest absolute Gasteiger partial charge is 0.339 e. The number of nitrogens with zero attached hydrogens (tertiary/aromatic N) is 3. The Balaban J connectivity index is 3.19. The van der Waals surface area contributed by atoms with Gasteiger partial charge in [0, 0.05) is 9.64 Å². The molecule has 0 unspecified atom stereocenters. The fraction of sp³-hybridized carbons (Fsp3) is 0.0909. The monoisotopic (exact) mass is 370 g/mol. The van der Waals surface area contributed by atoms with Crippen LogP contribution < -0.4 is 10.2 Å². The minimum absolute atomic E-state index is 0.0159. The van der Waals surface area contributed by atoms with Gasteiger partial charge in [-0.1, -0.05) is 0 Å². The molecule has 96 valence electrons. The number of nitrogens with one attached hydrogen (secondary N) is 1. The highest BCUT2D eigenvalue weighted by atomic mass is 127. The second-order valence-electron chi connectivity index (χ2n) is 3.13. The molecule has 19 heavy (non-hydrogen) atoms. The standard InChI is InChI=1S/C11H7IN4O3/c1-19-10-3-9(16-15-6(4-13)5-14)8(12)2-7(10)11(17)18/h2-3,16H,1H3,(H,17,18). The molecule has 0 radical (unpaired) electrons. The maximum absolute atomic E-state index is 11.0. The zero-order chi connectivity index (χ0) is 14.4. The van der Waals surface area contributed by atoms with Crippen molar-refractivity contribution in [1.29, 1.82) is 10.5 Å². The van der Waals surface area contributed by atoms with Gasteiger partial charge in [-0.2, -0.15) is 15.6 Å². The predicted molar refractivity (Wildman–Crippen MR) is 75.0 cm³/mol. The largest absolute Gasteiger partial charge is 0.496 e. The van der Waals surface area contributed by atoms with Crippen molar-refractivity contribution in [1.82, 2.24) is 0 Å². The summed E-state index contributed by atoms with van der Waals surface area (Å²) in [6.07, 6.45) is 0. The molecule has 0 amide bonds. The lowest BCUT2D eigenvalue weighted by Gasteiger charge is -2.09. The Morgan fingerprint density at radius 2 is 2.11 bits per heavy atom. The highest BCUT2D eigenvalue weighted by molar-refractivity contribution is 14.1. The molecule has 0 aliphatic carbocycles. The Morgan fingerprint density at radius 1 is 1.47 bits per heavy atom. The van der Waals surface area contributed by atoms with Gasteiger partial charge in [0.1, 0.15) is 23.5 Å². The molecule has 0 spiro atoms. The van der Waals surface area contributed by atoms with Gasteiger partial charge in [0.15, 0.2) is 0 Å². The zero-order valence-electron chi connectivity index (χ0n) is 9.64. The van der Waals surface area contributed by atoms with Crippen molar-refractivity contribution in [3.63, 3.8) is 0 Å². The molecule has 7 nitrogen and oxygen atoms in total. The maximum atomic E-state index is 11.0. The number of ether oxygens (including phenoxy) is 1. The predicted octanol–water partition coefficient (Wildman–Crippen LogP) is 1.81. The summed E-state index contributed by atoms with van der Waals surface area (Å²) >= 11 is 1.91. The van der Waals surface area contributed by atoms with E-state index in [2.05, 4.69) is 10.5 Å². The number of carbonyl (C=O) groups is 1. The number of carboxylic acid groups (broad SMARTS) is 1. The van der Waals surface area contributed by atoms with Crippen LogP contribution in [0.25, 0.3) is 0 Å². The van der Waals surface area contributed by atoms with Crippen LogP contribution in [-0.4, -0.2) is 23.9 Å². The van der Waals surface area contributed by atoms with Crippen molar-refractivity contribution in [3.8, 4) is 17.9 Å². The first-order valence-corrected chi connectivity index (χ1v) is 5.86.